The van der Waals surface area contributed by atoms with Crippen LogP contribution in [0.5, 0.6) is 0 Å². The van der Waals surface area contributed by atoms with Crippen molar-refractivity contribution in [3.63, 3.8) is 0 Å². The van der Waals surface area contributed by atoms with Gasteiger partial charge in [0.1, 0.15) is 0 Å². The Morgan fingerprint density at radius 1 is 1.21 bits per heavy atom. The molecule has 0 aromatic heterocycles. The van der Waals surface area contributed by atoms with Crippen LogP contribution in [0.1, 0.15) is 0 Å². The first-order chi connectivity index (χ1) is 5.83. The first-order valence-electron chi connectivity index (χ1n) is 2.62. The van der Waals surface area contributed by atoms with E-state index < -0.39 is 27.4 Å². The molecule has 86 valence electrons. The van der Waals surface area contributed by atoms with Crippen LogP contribution in [0, 0.1) is 0 Å². The number of hydrogen-bond acceptors (Lipinski definition) is 9. The van der Waals surface area contributed by atoms with Crippen molar-refractivity contribution in [3.8, 4) is 0 Å². The largest absolute Gasteiger partial charge is 0.442 e. The van der Waals surface area contributed by atoms with Gasteiger partial charge in [-0.15, -0.1) is 6.58 Å². The van der Waals surface area contributed by atoms with Crippen molar-refractivity contribution in [3.05, 3.63) is 12.7 Å². The van der Waals surface area contributed by atoms with E-state index in [0.29, 0.717) is 0 Å². The minimum atomic E-state index is -5.00. The average molecular weight is 251 g/mol. The van der Waals surface area contributed by atoms with Crippen LogP contribution in [-0.4, -0.2) is 28.7 Å². The van der Waals surface area contributed by atoms with Crippen LogP contribution in [0.15, 0.2) is 12.7 Å². The highest BCUT2D eigenvalue weighted by molar-refractivity contribution is 7.95. The quantitative estimate of drug-likeness (QED) is 0.356. The van der Waals surface area contributed by atoms with Gasteiger partial charge in [-0.2, -0.15) is 16.8 Å². The van der Waals surface area contributed by atoms with Crippen LogP contribution >= 0.6 is 0 Å². The van der Waals surface area contributed by atoms with Crippen LogP contribution in [-0.2, 0) is 32.9 Å². The van der Waals surface area contributed by atoms with Gasteiger partial charge in [-0.1, -0.05) is 14.0 Å². The van der Waals surface area contributed by atoms with Gasteiger partial charge in [0.15, 0.2) is 0 Å². The van der Waals surface area contributed by atoms with E-state index in [2.05, 4.69) is 18.7 Å². The number of hydrogen-bond donors (Lipinski definition) is 2. The van der Waals surface area contributed by atoms with Gasteiger partial charge in [0.25, 0.3) is 0 Å². The summed E-state index contributed by atoms with van der Waals surface area (Å²) in [6.07, 6.45) is 1.05. The molecule has 0 fully saturated rings. The van der Waals surface area contributed by atoms with Gasteiger partial charge in [-0.3, -0.25) is 0 Å². The first kappa shape index (κ1) is 15.9. The fourth-order valence-electron chi connectivity index (χ4n) is 0.266. The second kappa shape index (κ2) is 6.02. The lowest BCUT2D eigenvalue weighted by Crippen LogP contribution is -2.17. The topological polar surface area (TPSA) is 151 Å². The third-order valence-corrected chi connectivity index (χ3v) is 2.53. The summed E-state index contributed by atoms with van der Waals surface area (Å²) in [5.41, 5.74) is 0. The van der Waals surface area contributed by atoms with E-state index in [1.54, 1.807) is 0 Å². The first-order valence-corrected chi connectivity index (χ1v) is 5.29. The number of rotatable bonds is 6. The predicted molar refractivity (Wildman–Crippen MR) is 43.8 cm³/mol. The van der Waals surface area contributed by atoms with Gasteiger partial charge in [0.2, 0.25) is 0 Å². The van der Waals surface area contributed by atoms with Crippen molar-refractivity contribution in [2.75, 3.05) is 6.61 Å². The van der Waals surface area contributed by atoms with E-state index in [1.165, 1.54) is 0 Å². The molecule has 0 spiro atoms. The highest BCUT2D eigenvalue weighted by Gasteiger charge is 2.24. The Balaban J connectivity index is 0. The summed E-state index contributed by atoms with van der Waals surface area (Å²) in [6, 6.07) is 0. The van der Waals surface area contributed by atoms with Crippen LogP contribution in [0.2, 0.25) is 0 Å². The van der Waals surface area contributed by atoms with E-state index in [9.17, 15) is 16.8 Å². The van der Waals surface area contributed by atoms with Crippen LogP contribution in [0.4, 0.5) is 0 Å². The second-order valence-electron chi connectivity index (χ2n) is 1.53. The molecule has 4 N–H and O–H groups in total. The Bertz CT molecular complexity index is 354. The predicted octanol–water partition coefficient (Wildman–Crippen LogP) is -0.653. The zero-order valence-electron chi connectivity index (χ0n) is 6.82. The van der Waals surface area contributed by atoms with Crippen molar-refractivity contribution < 1.29 is 34.2 Å². The van der Waals surface area contributed by atoms with Crippen LogP contribution < -0.4 is 6.15 Å². The minimum absolute atomic E-state index is 0. The zero-order chi connectivity index (χ0) is 10.5. The lowest BCUT2D eigenvalue weighted by Gasteiger charge is -2.00. The summed E-state index contributed by atoms with van der Waals surface area (Å²) >= 11 is 0. The van der Waals surface area contributed by atoms with E-state index in [0.717, 1.165) is 6.08 Å². The molecule has 0 unspecified atom stereocenters. The molecule has 0 saturated carbocycles. The molecule has 11 heteroatoms. The van der Waals surface area contributed by atoms with Gasteiger partial charge in [-0.05, 0) is 0 Å². The van der Waals surface area contributed by atoms with Gasteiger partial charge in [0.05, 0.1) is 6.61 Å². The van der Waals surface area contributed by atoms with Gasteiger partial charge in [0, 0.05) is 0 Å². The minimum Gasteiger partial charge on any atom is -0.344 e. The Labute approximate surface area is 81.1 Å². The lowest BCUT2D eigenvalue weighted by atomic mass is 10.7. The highest BCUT2D eigenvalue weighted by Crippen LogP contribution is 2.03. The van der Waals surface area contributed by atoms with E-state index >= 15 is 0 Å². The normalized spacial score (nSPS) is 11.8. The SMILES string of the molecule is C=CCOS(=O)(=O)OS(=O)(=O)OO.N. The molecule has 9 nitrogen and oxygen atoms in total. The van der Waals surface area contributed by atoms with Crippen molar-refractivity contribution in [1.29, 1.82) is 0 Å². The van der Waals surface area contributed by atoms with Crippen molar-refractivity contribution in [1.82, 2.24) is 6.15 Å². The van der Waals surface area contributed by atoms with Crippen molar-refractivity contribution in [2.45, 2.75) is 0 Å². The molecular weight excluding hydrogens is 242 g/mol. The molecule has 0 aliphatic heterocycles. The third-order valence-electron chi connectivity index (χ3n) is 0.588. The fourth-order valence-corrected chi connectivity index (χ4v) is 1.60. The third kappa shape index (κ3) is 6.90. The van der Waals surface area contributed by atoms with Gasteiger partial charge in [-0.25, -0.2) is 9.44 Å². The maximum absolute atomic E-state index is 10.5. The zero-order valence-corrected chi connectivity index (χ0v) is 8.45. The molecule has 0 amide bonds. The van der Waals surface area contributed by atoms with Crippen molar-refractivity contribution >= 4 is 20.8 Å². The molecule has 0 saturated heterocycles. The summed E-state index contributed by atoms with van der Waals surface area (Å²) in [6.45, 7) is 2.64. The van der Waals surface area contributed by atoms with E-state index in [-0.39, 0.29) is 6.15 Å². The molecule has 0 heterocycles. The Morgan fingerprint density at radius 3 is 2.07 bits per heavy atom. The Morgan fingerprint density at radius 2 is 1.71 bits per heavy atom. The summed E-state index contributed by atoms with van der Waals surface area (Å²) in [5, 5.41) is 7.63. The summed E-state index contributed by atoms with van der Waals surface area (Å²) < 4.78 is 51.3. The molecule has 0 aromatic carbocycles. The van der Waals surface area contributed by atoms with Crippen molar-refractivity contribution in [2.24, 2.45) is 0 Å². The summed E-state index contributed by atoms with van der Waals surface area (Å²) in [5.74, 6) is 0. The maximum Gasteiger partial charge on any atom is 0.442 e. The summed E-state index contributed by atoms with van der Waals surface area (Å²) in [4.78, 5) is 0. The molecule has 0 aliphatic carbocycles. The Kier molecular flexibility index (Phi) is 6.84. The van der Waals surface area contributed by atoms with E-state index in [1.807, 2.05) is 0 Å². The fraction of sp³-hybridized carbons (Fsp3) is 0.333. The molecule has 0 aromatic rings. The molecule has 14 heavy (non-hydrogen) atoms. The average Bonchev–Trinajstić information content (AvgIpc) is 1.99. The highest BCUT2D eigenvalue weighted by atomic mass is 32.3. The summed E-state index contributed by atoms with van der Waals surface area (Å²) in [7, 11) is -9.76. The monoisotopic (exact) mass is 251 g/mol. The molecule has 0 rings (SSSR count). The Hall–Kier alpha value is -0.560. The molecule has 0 radical (unpaired) electrons. The van der Waals surface area contributed by atoms with E-state index in [4.69, 9.17) is 5.26 Å². The van der Waals surface area contributed by atoms with Crippen LogP contribution in [0.3, 0.4) is 0 Å². The second-order valence-corrected chi connectivity index (χ2v) is 4.09. The molecular formula is C3H9NO8S2. The molecule has 0 bridgehead atoms. The molecule has 0 atom stereocenters. The maximum atomic E-state index is 10.5. The van der Waals surface area contributed by atoms with Gasteiger partial charge >= 0.3 is 20.8 Å². The standard InChI is InChI=1S/C3H6O8S2.H3N/c1-2-3-9-12(5,6)11-13(7,8)10-4;/h2,4H,1,3H2;1H3. The van der Waals surface area contributed by atoms with Crippen LogP contribution in [0.25, 0.3) is 0 Å². The van der Waals surface area contributed by atoms with Gasteiger partial charge < -0.3 is 6.15 Å². The molecule has 0 aliphatic rings. The smallest absolute Gasteiger partial charge is 0.344 e. The lowest BCUT2D eigenvalue weighted by molar-refractivity contribution is -0.138.